The standard InChI is InChI=1S/C8H12N2S2/c1-7(2-9-1)3-11-4-8-5-12-6-10-8/h5-7,9H,1-4H2. The molecule has 1 aromatic heterocycles. The third kappa shape index (κ3) is 2.21. The van der Waals surface area contributed by atoms with E-state index in [1.165, 1.54) is 24.5 Å². The average Bonchev–Trinajstić information content (AvgIpc) is 2.46. The Balaban J connectivity index is 1.62. The summed E-state index contributed by atoms with van der Waals surface area (Å²) < 4.78 is 0. The first-order valence-electron chi connectivity index (χ1n) is 4.10. The molecule has 0 aromatic carbocycles. The van der Waals surface area contributed by atoms with Gasteiger partial charge in [0.2, 0.25) is 0 Å². The van der Waals surface area contributed by atoms with Crippen molar-refractivity contribution in [2.24, 2.45) is 5.92 Å². The van der Waals surface area contributed by atoms with E-state index in [0.29, 0.717) is 0 Å². The van der Waals surface area contributed by atoms with Crippen LogP contribution in [0.15, 0.2) is 10.9 Å². The maximum atomic E-state index is 4.24. The molecular formula is C8H12N2S2. The van der Waals surface area contributed by atoms with E-state index < -0.39 is 0 Å². The van der Waals surface area contributed by atoms with Crippen molar-refractivity contribution in [3.05, 3.63) is 16.6 Å². The minimum Gasteiger partial charge on any atom is -0.316 e. The molecule has 4 heteroatoms. The summed E-state index contributed by atoms with van der Waals surface area (Å²) in [4.78, 5) is 4.24. The minimum atomic E-state index is 0.911. The van der Waals surface area contributed by atoms with E-state index in [4.69, 9.17) is 0 Å². The molecule has 12 heavy (non-hydrogen) atoms. The van der Waals surface area contributed by atoms with Crippen LogP contribution in [-0.4, -0.2) is 23.8 Å². The fourth-order valence-corrected chi connectivity index (χ4v) is 2.82. The largest absolute Gasteiger partial charge is 0.316 e. The summed E-state index contributed by atoms with van der Waals surface area (Å²) in [6.45, 7) is 2.42. The molecule has 2 heterocycles. The molecule has 1 fully saturated rings. The molecule has 0 spiro atoms. The Morgan fingerprint density at radius 3 is 3.17 bits per heavy atom. The zero-order valence-corrected chi connectivity index (χ0v) is 8.46. The number of nitrogens with zero attached hydrogens (tertiary/aromatic N) is 1. The van der Waals surface area contributed by atoms with Crippen molar-refractivity contribution in [1.29, 1.82) is 0 Å². The van der Waals surface area contributed by atoms with Crippen LogP contribution in [0.3, 0.4) is 0 Å². The Morgan fingerprint density at radius 1 is 1.67 bits per heavy atom. The maximum absolute atomic E-state index is 4.24. The summed E-state index contributed by atoms with van der Waals surface area (Å²) in [6.07, 6.45) is 0. The predicted octanol–water partition coefficient (Wildman–Crippen LogP) is 1.60. The van der Waals surface area contributed by atoms with E-state index in [2.05, 4.69) is 15.7 Å². The molecule has 0 bridgehead atoms. The lowest BCUT2D eigenvalue weighted by atomic mass is 10.1. The number of rotatable bonds is 4. The topological polar surface area (TPSA) is 24.9 Å². The highest BCUT2D eigenvalue weighted by molar-refractivity contribution is 7.98. The molecule has 0 aliphatic carbocycles. The Bertz CT molecular complexity index is 219. The van der Waals surface area contributed by atoms with Crippen LogP contribution < -0.4 is 5.32 Å². The summed E-state index contributed by atoms with van der Waals surface area (Å²) in [5, 5.41) is 5.41. The van der Waals surface area contributed by atoms with Crippen molar-refractivity contribution in [2.75, 3.05) is 18.8 Å². The number of hydrogen-bond donors (Lipinski definition) is 1. The van der Waals surface area contributed by atoms with E-state index in [9.17, 15) is 0 Å². The minimum absolute atomic E-state index is 0.911. The molecular weight excluding hydrogens is 188 g/mol. The molecule has 1 N–H and O–H groups in total. The monoisotopic (exact) mass is 200 g/mol. The maximum Gasteiger partial charge on any atom is 0.0795 e. The van der Waals surface area contributed by atoms with Crippen LogP contribution in [0.4, 0.5) is 0 Å². The lowest BCUT2D eigenvalue weighted by molar-refractivity contribution is 0.385. The first-order valence-corrected chi connectivity index (χ1v) is 6.20. The molecule has 0 radical (unpaired) electrons. The zero-order chi connectivity index (χ0) is 8.23. The second-order valence-electron chi connectivity index (χ2n) is 3.02. The van der Waals surface area contributed by atoms with Gasteiger partial charge < -0.3 is 5.32 Å². The quantitative estimate of drug-likeness (QED) is 0.799. The summed E-state index contributed by atoms with van der Waals surface area (Å²) in [7, 11) is 0. The van der Waals surface area contributed by atoms with Gasteiger partial charge in [0, 0.05) is 11.1 Å². The molecule has 1 aliphatic heterocycles. The highest BCUT2D eigenvalue weighted by Gasteiger charge is 2.15. The Morgan fingerprint density at radius 2 is 2.58 bits per heavy atom. The van der Waals surface area contributed by atoms with Gasteiger partial charge in [-0.1, -0.05) is 0 Å². The van der Waals surface area contributed by atoms with Crippen LogP contribution in [0.25, 0.3) is 0 Å². The van der Waals surface area contributed by atoms with Crippen LogP contribution in [0.1, 0.15) is 5.69 Å². The van der Waals surface area contributed by atoms with Gasteiger partial charge >= 0.3 is 0 Å². The number of hydrogen-bond acceptors (Lipinski definition) is 4. The van der Waals surface area contributed by atoms with Gasteiger partial charge in [0.25, 0.3) is 0 Å². The van der Waals surface area contributed by atoms with Crippen LogP contribution in [-0.2, 0) is 5.75 Å². The van der Waals surface area contributed by atoms with Crippen LogP contribution in [0.2, 0.25) is 0 Å². The molecule has 1 aliphatic rings. The Hall–Kier alpha value is -0.0600. The van der Waals surface area contributed by atoms with Crippen LogP contribution >= 0.6 is 23.1 Å². The lowest BCUT2D eigenvalue weighted by Crippen LogP contribution is -2.43. The molecule has 2 nitrogen and oxygen atoms in total. The summed E-state index contributed by atoms with van der Waals surface area (Å²) in [6, 6.07) is 0. The first-order chi connectivity index (χ1) is 5.95. The second kappa shape index (κ2) is 4.25. The second-order valence-corrected chi connectivity index (χ2v) is 4.77. The highest BCUT2D eigenvalue weighted by atomic mass is 32.2. The predicted molar refractivity (Wildman–Crippen MR) is 54.6 cm³/mol. The van der Waals surface area contributed by atoms with Crippen molar-refractivity contribution in [3.63, 3.8) is 0 Å². The molecule has 0 amide bonds. The number of nitrogens with one attached hydrogen (secondary N) is 1. The summed E-state index contributed by atoms with van der Waals surface area (Å²) in [5.74, 6) is 3.28. The van der Waals surface area contributed by atoms with Gasteiger partial charge in [-0.15, -0.1) is 11.3 Å². The first kappa shape index (κ1) is 8.53. The zero-order valence-electron chi connectivity index (χ0n) is 6.82. The lowest BCUT2D eigenvalue weighted by Gasteiger charge is -2.26. The SMILES string of the molecule is c1nc(CSCC2CNC2)cs1. The molecule has 66 valence electrons. The van der Waals surface area contributed by atoms with Gasteiger partial charge in [0.05, 0.1) is 11.2 Å². The van der Waals surface area contributed by atoms with Crippen molar-refractivity contribution < 1.29 is 0 Å². The van der Waals surface area contributed by atoms with Gasteiger partial charge in [0.15, 0.2) is 0 Å². The van der Waals surface area contributed by atoms with Gasteiger partial charge in [-0.05, 0) is 24.8 Å². The van der Waals surface area contributed by atoms with Crippen molar-refractivity contribution in [1.82, 2.24) is 10.3 Å². The van der Waals surface area contributed by atoms with Gasteiger partial charge in [-0.25, -0.2) is 4.98 Å². The Labute approximate surface area is 80.8 Å². The van der Waals surface area contributed by atoms with Gasteiger partial charge in [-0.2, -0.15) is 11.8 Å². The molecule has 0 saturated carbocycles. The van der Waals surface area contributed by atoms with E-state index in [1.807, 2.05) is 17.3 Å². The third-order valence-corrected chi connectivity index (χ3v) is 3.80. The van der Waals surface area contributed by atoms with Crippen LogP contribution in [0, 0.1) is 5.92 Å². The highest BCUT2D eigenvalue weighted by Crippen LogP contribution is 2.17. The fourth-order valence-electron chi connectivity index (χ4n) is 1.11. The number of aromatic nitrogens is 1. The summed E-state index contributed by atoms with van der Waals surface area (Å²) >= 11 is 3.68. The van der Waals surface area contributed by atoms with Gasteiger partial charge in [0.1, 0.15) is 0 Å². The Kier molecular flexibility index (Phi) is 3.03. The van der Waals surface area contributed by atoms with E-state index in [0.717, 1.165) is 11.7 Å². The van der Waals surface area contributed by atoms with Gasteiger partial charge in [-0.3, -0.25) is 0 Å². The number of thioether (sulfide) groups is 1. The smallest absolute Gasteiger partial charge is 0.0795 e. The fraction of sp³-hybridized carbons (Fsp3) is 0.625. The molecule has 1 saturated heterocycles. The van der Waals surface area contributed by atoms with Crippen LogP contribution in [0.5, 0.6) is 0 Å². The normalized spacial score (nSPS) is 17.7. The molecule has 1 aromatic rings. The molecule has 2 rings (SSSR count). The van der Waals surface area contributed by atoms with E-state index in [1.54, 1.807) is 11.3 Å². The van der Waals surface area contributed by atoms with Crippen molar-refractivity contribution in [3.8, 4) is 0 Å². The molecule has 0 unspecified atom stereocenters. The summed E-state index contributed by atoms with van der Waals surface area (Å²) in [5.41, 5.74) is 3.14. The van der Waals surface area contributed by atoms with E-state index >= 15 is 0 Å². The molecule has 0 atom stereocenters. The van der Waals surface area contributed by atoms with Crippen molar-refractivity contribution in [2.45, 2.75) is 5.75 Å². The third-order valence-electron chi connectivity index (χ3n) is 1.95. The number of thiazole rings is 1. The van der Waals surface area contributed by atoms with Crippen molar-refractivity contribution >= 4 is 23.1 Å². The average molecular weight is 200 g/mol. The van der Waals surface area contributed by atoms with E-state index in [-0.39, 0.29) is 0 Å².